The van der Waals surface area contributed by atoms with Gasteiger partial charge in [0.25, 0.3) is 0 Å². The maximum absolute atomic E-state index is 13.2. The second-order valence-corrected chi connectivity index (χ2v) is 6.11. The lowest BCUT2D eigenvalue weighted by Gasteiger charge is -2.37. The number of hydrogen-bond acceptors (Lipinski definition) is 2. The van der Waals surface area contributed by atoms with Gasteiger partial charge in [0.2, 0.25) is 0 Å². The Kier molecular flexibility index (Phi) is 5.20. The third-order valence-corrected chi connectivity index (χ3v) is 3.87. The normalized spacial score (nSPS) is 21.0. The van der Waals surface area contributed by atoms with Gasteiger partial charge >= 0.3 is 0 Å². The number of benzene rings is 1. The first kappa shape index (κ1) is 14.8. The Bertz CT molecular complexity index is 423. The van der Waals surface area contributed by atoms with E-state index in [4.69, 9.17) is 11.6 Å². The van der Waals surface area contributed by atoms with Crippen molar-refractivity contribution in [2.24, 2.45) is 5.92 Å². The molecule has 0 amide bonds. The second kappa shape index (κ2) is 6.69. The van der Waals surface area contributed by atoms with E-state index in [2.05, 4.69) is 24.1 Å². The summed E-state index contributed by atoms with van der Waals surface area (Å²) in [6, 6.07) is 5.58. The summed E-state index contributed by atoms with van der Waals surface area (Å²) in [5, 5.41) is 3.66. The SMILES string of the molecule is CC(C)CC1CNCCN1Cc1ccc(F)c(Cl)c1. The molecule has 1 fully saturated rings. The fourth-order valence-corrected chi connectivity index (χ4v) is 2.86. The highest BCUT2D eigenvalue weighted by atomic mass is 35.5. The molecule has 4 heteroatoms. The summed E-state index contributed by atoms with van der Waals surface area (Å²) >= 11 is 5.85. The third-order valence-electron chi connectivity index (χ3n) is 3.59. The van der Waals surface area contributed by atoms with Crippen LogP contribution in [0.5, 0.6) is 0 Å². The second-order valence-electron chi connectivity index (χ2n) is 5.71. The van der Waals surface area contributed by atoms with Gasteiger partial charge in [-0.2, -0.15) is 0 Å². The fraction of sp³-hybridized carbons (Fsp3) is 0.600. The van der Waals surface area contributed by atoms with Crippen LogP contribution in [0.4, 0.5) is 4.39 Å². The van der Waals surface area contributed by atoms with Gasteiger partial charge in [0, 0.05) is 32.2 Å². The molecular formula is C15H22ClFN2. The van der Waals surface area contributed by atoms with Crippen molar-refractivity contribution in [3.8, 4) is 0 Å². The van der Waals surface area contributed by atoms with Crippen LogP contribution >= 0.6 is 11.6 Å². The van der Waals surface area contributed by atoms with E-state index in [1.165, 1.54) is 12.5 Å². The van der Waals surface area contributed by atoms with Crippen molar-refractivity contribution in [3.63, 3.8) is 0 Å². The molecule has 0 aliphatic carbocycles. The largest absolute Gasteiger partial charge is 0.314 e. The summed E-state index contributed by atoms with van der Waals surface area (Å²) in [6.45, 7) is 8.44. The molecule has 1 atom stereocenters. The van der Waals surface area contributed by atoms with Crippen LogP contribution in [0.15, 0.2) is 18.2 Å². The third kappa shape index (κ3) is 4.16. The molecule has 1 aromatic carbocycles. The molecule has 1 unspecified atom stereocenters. The molecule has 106 valence electrons. The van der Waals surface area contributed by atoms with Gasteiger partial charge < -0.3 is 5.32 Å². The topological polar surface area (TPSA) is 15.3 Å². The van der Waals surface area contributed by atoms with Gasteiger partial charge in [-0.1, -0.05) is 31.5 Å². The minimum atomic E-state index is -0.343. The number of nitrogens with zero attached hydrogens (tertiary/aromatic N) is 1. The number of piperazine rings is 1. The van der Waals surface area contributed by atoms with Gasteiger partial charge in [0.1, 0.15) is 5.82 Å². The molecule has 2 rings (SSSR count). The molecule has 1 aliphatic heterocycles. The highest BCUT2D eigenvalue weighted by molar-refractivity contribution is 6.30. The molecule has 19 heavy (non-hydrogen) atoms. The molecule has 1 aliphatic rings. The van der Waals surface area contributed by atoms with Crippen molar-refractivity contribution < 1.29 is 4.39 Å². The predicted molar refractivity (Wildman–Crippen MR) is 77.9 cm³/mol. The zero-order chi connectivity index (χ0) is 13.8. The summed E-state index contributed by atoms with van der Waals surface area (Å²) in [4.78, 5) is 2.47. The smallest absolute Gasteiger partial charge is 0.141 e. The molecule has 0 saturated carbocycles. The Balaban J connectivity index is 2.04. The van der Waals surface area contributed by atoms with E-state index in [0.717, 1.165) is 31.7 Å². The Labute approximate surface area is 119 Å². The number of nitrogens with one attached hydrogen (secondary N) is 1. The number of rotatable bonds is 4. The average molecular weight is 285 g/mol. The van der Waals surface area contributed by atoms with Crippen LogP contribution in [-0.4, -0.2) is 30.6 Å². The Morgan fingerprint density at radius 1 is 1.47 bits per heavy atom. The molecule has 1 saturated heterocycles. The molecule has 0 bridgehead atoms. The zero-order valence-corrected chi connectivity index (χ0v) is 12.4. The molecule has 1 heterocycles. The van der Waals surface area contributed by atoms with Crippen LogP contribution in [0.3, 0.4) is 0 Å². The van der Waals surface area contributed by atoms with E-state index in [9.17, 15) is 4.39 Å². The molecule has 0 radical (unpaired) electrons. The van der Waals surface area contributed by atoms with Crippen LogP contribution in [-0.2, 0) is 6.54 Å². The lowest BCUT2D eigenvalue weighted by atomic mass is 10.00. The predicted octanol–water partition coefficient (Wildman–Crippen LogP) is 3.30. The number of hydrogen-bond donors (Lipinski definition) is 1. The Hall–Kier alpha value is -0.640. The summed E-state index contributed by atoms with van der Waals surface area (Å²) in [7, 11) is 0. The van der Waals surface area contributed by atoms with Gasteiger partial charge in [-0.25, -0.2) is 4.39 Å². The summed E-state index contributed by atoms with van der Waals surface area (Å²) < 4.78 is 13.2. The highest BCUT2D eigenvalue weighted by Gasteiger charge is 2.23. The van der Waals surface area contributed by atoms with Crippen LogP contribution in [0, 0.1) is 11.7 Å². The van der Waals surface area contributed by atoms with E-state index >= 15 is 0 Å². The van der Waals surface area contributed by atoms with E-state index in [-0.39, 0.29) is 10.8 Å². The summed E-state index contributed by atoms with van der Waals surface area (Å²) in [5.41, 5.74) is 1.09. The van der Waals surface area contributed by atoms with Crippen molar-refractivity contribution in [1.82, 2.24) is 10.2 Å². The molecule has 0 spiro atoms. The molecule has 1 aromatic rings. The molecular weight excluding hydrogens is 263 g/mol. The molecule has 0 aromatic heterocycles. The van der Waals surface area contributed by atoms with Crippen LogP contribution in [0.25, 0.3) is 0 Å². The van der Waals surface area contributed by atoms with Gasteiger partial charge in [-0.05, 0) is 30.0 Å². The lowest BCUT2D eigenvalue weighted by Crippen LogP contribution is -2.51. The quantitative estimate of drug-likeness (QED) is 0.913. The van der Waals surface area contributed by atoms with Crippen molar-refractivity contribution >= 4 is 11.6 Å². The lowest BCUT2D eigenvalue weighted by molar-refractivity contribution is 0.134. The van der Waals surface area contributed by atoms with Crippen LogP contribution in [0.1, 0.15) is 25.8 Å². The minimum absolute atomic E-state index is 0.216. The van der Waals surface area contributed by atoms with Crippen LogP contribution in [0.2, 0.25) is 5.02 Å². The number of halogens is 2. The Morgan fingerprint density at radius 2 is 2.26 bits per heavy atom. The van der Waals surface area contributed by atoms with Crippen LogP contribution < -0.4 is 5.32 Å². The standard InChI is InChI=1S/C15H22ClFN2/c1-11(2)7-13-9-18-5-6-19(13)10-12-3-4-15(17)14(16)8-12/h3-4,8,11,13,18H,5-7,9-10H2,1-2H3. The van der Waals surface area contributed by atoms with Crippen molar-refractivity contribution in [2.75, 3.05) is 19.6 Å². The Morgan fingerprint density at radius 3 is 2.95 bits per heavy atom. The van der Waals surface area contributed by atoms with Gasteiger partial charge in [-0.15, -0.1) is 0 Å². The summed E-state index contributed by atoms with van der Waals surface area (Å²) in [6.07, 6.45) is 1.18. The van der Waals surface area contributed by atoms with Crippen molar-refractivity contribution in [2.45, 2.75) is 32.9 Å². The molecule has 1 N–H and O–H groups in total. The fourth-order valence-electron chi connectivity index (χ4n) is 2.66. The van der Waals surface area contributed by atoms with Gasteiger partial charge in [0.05, 0.1) is 5.02 Å². The minimum Gasteiger partial charge on any atom is -0.314 e. The van der Waals surface area contributed by atoms with Gasteiger partial charge in [0.15, 0.2) is 0 Å². The van der Waals surface area contributed by atoms with E-state index in [1.807, 2.05) is 6.07 Å². The zero-order valence-electron chi connectivity index (χ0n) is 11.6. The maximum Gasteiger partial charge on any atom is 0.141 e. The first-order chi connectivity index (χ1) is 9.06. The monoisotopic (exact) mass is 284 g/mol. The summed E-state index contributed by atoms with van der Waals surface area (Å²) in [5.74, 6) is 0.341. The van der Waals surface area contributed by atoms with E-state index in [0.29, 0.717) is 12.0 Å². The van der Waals surface area contributed by atoms with E-state index < -0.39 is 0 Å². The molecule has 2 nitrogen and oxygen atoms in total. The highest BCUT2D eigenvalue weighted by Crippen LogP contribution is 2.20. The first-order valence-electron chi connectivity index (χ1n) is 6.95. The first-order valence-corrected chi connectivity index (χ1v) is 7.32. The van der Waals surface area contributed by atoms with Crippen molar-refractivity contribution in [1.29, 1.82) is 0 Å². The average Bonchev–Trinajstić information content (AvgIpc) is 2.36. The van der Waals surface area contributed by atoms with E-state index in [1.54, 1.807) is 6.07 Å². The van der Waals surface area contributed by atoms with Gasteiger partial charge in [-0.3, -0.25) is 4.90 Å². The van der Waals surface area contributed by atoms with Crippen molar-refractivity contribution in [3.05, 3.63) is 34.6 Å². The maximum atomic E-state index is 13.2.